The Labute approximate surface area is 91.9 Å². The molecule has 1 rings (SSSR count). The summed E-state index contributed by atoms with van der Waals surface area (Å²) in [5, 5.41) is 0. The predicted molar refractivity (Wildman–Crippen MR) is 64.3 cm³/mol. The highest BCUT2D eigenvalue weighted by molar-refractivity contribution is 7.80. The van der Waals surface area contributed by atoms with E-state index in [1.54, 1.807) is 0 Å². The largest absolute Gasteiger partial charge is 0.494 e. The highest BCUT2D eigenvalue weighted by atomic mass is 32.1. The molecule has 0 saturated heterocycles. The van der Waals surface area contributed by atoms with Crippen molar-refractivity contribution in [2.45, 2.75) is 20.3 Å². The van der Waals surface area contributed by atoms with Crippen molar-refractivity contribution in [2.24, 2.45) is 5.92 Å². The molecule has 78 valence electrons. The average molecular weight is 210 g/mol. The molecule has 0 saturated carbocycles. The molecule has 0 heterocycles. The van der Waals surface area contributed by atoms with Gasteiger partial charge in [-0.15, -0.1) is 0 Å². The first-order chi connectivity index (χ1) is 6.76. The Kier molecular flexibility index (Phi) is 4.88. The summed E-state index contributed by atoms with van der Waals surface area (Å²) in [6.07, 6.45) is 1.09. The summed E-state index contributed by atoms with van der Waals surface area (Å²) >= 11 is 4.27. The minimum atomic E-state index is 0.635. The number of rotatable bonds is 5. The number of hydrogen-bond donors (Lipinski definition) is 1. The van der Waals surface area contributed by atoms with E-state index < -0.39 is 0 Å². The molecule has 1 nitrogen and oxygen atoms in total. The van der Waals surface area contributed by atoms with Gasteiger partial charge in [0.05, 0.1) is 6.61 Å². The predicted octanol–water partition coefficient (Wildman–Crippen LogP) is 3.19. The molecule has 2 heteroatoms. The van der Waals surface area contributed by atoms with E-state index in [-0.39, 0.29) is 0 Å². The summed E-state index contributed by atoms with van der Waals surface area (Å²) in [5.41, 5.74) is 1.36. The Hall–Kier alpha value is -0.630. The van der Waals surface area contributed by atoms with Crippen LogP contribution in [0.25, 0.3) is 0 Å². The van der Waals surface area contributed by atoms with E-state index in [9.17, 15) is 0 Å². The molecular weight excluding hydrogens is 192 g/mol. The lowest BCUT2D eigenvalue weighted by Crippen LogP contribution is -2.01. The Morgan fingerprint density at radius 2 is 1.93 bits per heavy atom. The first kappa shape index (κ1) is 11.4. The summed E-state index contributed by atoms with van der Waals surface area (Å²) < 4.78 is 5.38. The van der Waals surface area contributed by atoms with Crippen molar-refractivity contribution in [3.63, 3.8) is 0 Å². The van der Waals surface area contributed by atoms with Gasteiger partial charge in [-0.1, -0.05) is 19.1 Å². The molecule has 0 radical (unpaired) electrons. The number of ether oxygens (including phenoxy) is 1. The van der Waals surface area contributed by atoms with Gasteiger partial charge in [0.15, 0.2) is 0 Å². The van der Waals surface area contributed by atoms with Gasteiger partial charge in [-0.2, -0.15) is 12.6 Å². The summed E-state index contributed by atoms with van der Waals surface area (Å²) in [6.45, 7) is 4.94. The third-order valence-electron chi connectivity index (χ3n) is 2.13. The monoisotopic (exact) mass is 210 g/mol. The molecule has 0 bridgehead atoms. The Balaban J connectivity index is 2.54. The van der Waals surface area contributed by atoms with Crippen molar-refractivity contribution in [3.05, 3.63) is 29.8 Å². The minimum Gasteiger partial charge on any atom is -0.494 e. The van der Waals surface area contributed by atoms with Gasteiger partial charge in [0.2, 0.25) is 0 Å². The minimum absolute atomic E-state index is 0.635. The van der Waals surface area contributed by atoms with Gasteiger partial charge in [0.1, 0.15) is 5.75 Å². The van der Waals surface area contributed by atoms with Crippen LogP contribution in [0, 0.1) is 5.92 Å². The smallest absolute Gasteiger partial charge is 0.119 e. The van der Waals surface area contributed by atoms with Crippen LogP contribution in [0.3, 0.4) is 0 Å². The van der Waals surface area contributed by atoms with Crippen LogP contribution in [0.1, 0.15) is 19.4 Å². The zero-order valence-corrected chi connectivity index (χ0v) is 9.76. The average Bonchev–Trinajstić information content (AvgIpc) is 2.21. The van der Waals surface area contributed by atoms with Gasteiger partial charge in [0.25, 0.3) is 0 Å². The topological polar surface area (TPSA) is 9.23 Å². The highest BCUT2D eigenvalue weighted by Gasteiger charge is 2.01. The zero-order valence-electron chi connectivity index (χ0n) is 8.86. The lowest BCUT2D eigenvalue weighted by atomic mass is 10.0. The lowest BCUT2D eigenvalue weighted by Gasteiger charge is -2.08. The van der Waals surface area contributed by atoms with Crippen molar-refractivity contribution < 1.29 is 4.74 Å². The molecule has 1 atom stereocenters. The molecular formula is C12H18OS. The molecule has 0 aromatic heterocycles. The van der Waals surface area contributed by atoms with Crippen LogP contribution in [0.4, 0.5) is 0 Å². The zero-order chi connectivity index (χ0) is 10.4. The third kappa shape index (κ3) is 3.62. The lowest BCUT2D eigenvalue weighted by molar-refractivity contribution is 0.340. The van der Waals surface area contributed by atoms with Gasteiger partial charge in [-0.05, 0) is 42.7 Å². The van der Waals surface area contributed by atoms with Crippen molar-refractivity contribution in [3.8, 4) is 5.75 Å². The van der Waals surface area contributed by atoms with Crippen LogP contribution >= 0.6 is 12.6 Å². The molecule has 14 heavy (non-hydrogen) atoms. The van der Waals surface area contributed by atoms with Gasteiger partial charge in [-0.3, -0.25) is 0 Å². The Bertz CT molecular complexity index is 256. The Morgan fingerprint density at radius 3 is 2.43 bits per heavy atom. The molecule has 0 fully saturated rings. The Morgan fingerprint density at radius 1 is 1.29 bits per heavy atom. The van der Waals surface area contributed by atoms with Gasteiger partial charge in [0, 0.05) is 0 Å². The van der Waals surface area contributed by atoms with E-state index in [2.05, 4.69) is 31.7 Å². The summed E-state index contributed by atoms with van der Waals surface area (Å²) in [4.78, 5) is 0. The molecule has 0 aliphatic heterocycles. The molecule has 1 unspecified atom stereocenters. The standard InChI is InChI=1S/C12H18OS/c1-3-13-12-6-4-11(5-7-12)8-10(2)9-14/h4-7,10,14H,3,8-9H2,1-2H3. The van der Waals surface area contributed by atoms with E-state index in [4.69, 9.17) is 4.74 Å². The third-order valence-corrected chi connectivity index (χ3v) is 2.75. The maximum Gasteiger partial charge on any atom is 0.119 e. The fraction of sp³-hybridized carbons (Fsp3) is 0.500. The van der Waals surface area contributed by atoms with Crippen LogP contribution < -0.4 is 4.74 Å². The van der Waals surface area contributed by atoms with Crippen molar-refractivity contribution >= 4 is 12.6 Å². The molecule has 1 aromatic carbocycles. The van der Waals surface area contributed by atoms with E-state index in [1.165, 1.54) is 5.56 Å². The first-order valence-corrected chi connectivity index (χ1v) is 5.72. The summed E-state index contributed by atoms with van der Waals surface area (Å²) in [5.74, 6) is 2.53. The van der Waals surface area contributed by atoms with E-state index in [0.717, 1.165) is 24.5 Å². The van der Waals surface area contributed by atoms with Crippen LogP contribution in [-0.4, -0.2) is 12.4 Å². The SMILES string of the molecule is CCOc1ccc(CC(C)CS)cc1. The highest BCUT2D eigenvalue weighted by Crippen LogP contribution is 2.15. The normalized spacial score (nSPS) is 12.5. The molecule has 1 aromatic rings. The van der Waals surface area contributed by atoms with Gasteiger partial charge in [-0.25, -0.2) is 0 Å². The maximum absolute atomic E-state index is 5.38. The number of hydrogen-bond acceptors (Lipinski definition) is 2. The van der Waals surface area contributed by atoms with Gasteiger partial charge >= 0.3 is 0 Å². The van der Waals surface area contributed by atoms with E-state index in [0.29, 0.717) is 5.92 Å². The second kappa shape index (κ2) is 5.97. The molecule has 0 N–H and O–H groups in total. The van der Waals surface area contributed by atoms with E-state index >= 15 is 0 Å². The van der Waals surface area contributed by atoms with Crippen LogP contribution in [0.5, 0.6) is 5.75 Å². The second-order valence-electron chi connectivity index (χ2n) is 3.57. The van der Waals surface area contributed by atoms with E-state index in [1.807, 2.05) is 19.1 Å². The first-order valence-electron chi connectivity index (χ1n) is 5.08. The fourth-order valence-electron chi connectivity index (χ4n) is 1.36. The maximum atomic E-state index is 5.38. The second-order valence-corrected chi connectivity index (χ2v) is 3.93. The van der Waals surface area contributed by atoms with Crippen molar-refractivity contribution in [2.75, 3.05) is 12.4 Å². The van der Waals surface area contributed by atoms with Crippen LogP contribution in [-0.2, 0) is 6.42 Å². The molecule has 0 aliphatic rings. The number of thiol groups is 1. The summed E-state index contributed by atoms with van der Waals surface area (Å²) in [6, 6.07) is 8.32. The van der Waals surface area contributed by atoms with Crippen molar-refractivity contribution in [1.29, 1.82) is 0 Å². The van der Waals surface area contributed by atoms with Crippen LogP contribution in [0.15, 0.2) is 24.3 Å². The fourth-order valence-corrected chi connectivity index (χ4v) is 1.48. The van der Waals surface area contributed by atoms with Crippen LogP contribution in [0.2, 0.25) is 0 Å². The molecule has 0 aliphatic carbocycles. The molecule has 0 amide bonds. The summed E-state index contributed by atoms with van der Waals surface area (Å²) in [7, 11) is 0. The van der Waals surface area contributed by atoms with Crippen molar-refractivity contribution in [1.82, 2.24) is 0 Å². The quantitative estimate of drug-likeness (QED) is 0.734. The number of benzene rings is 1. The van der Waals surface area contributed by atoms with Gasteiger partial charge < -0.3 is 4.74 Å². The molecule has 0 spiro atoms.